The van der Waals surface area contributed by atoms with Crippen molar-refractivity contribution in [1.82, 2.24) is 5.32 Å². The molecule has 1 heterocycles. The van der Waals surface area contributed by atoms with E-state index in [1.807, 2.05) is 0 Å². The van der Waals surface area contributed by atoms with Crippen LogP contribution in [0.5, 0.6) is 5.75 Å². The molecule has 2 amide bonds. The van der Waals surface area contributed by atoms with Crippen LogP contribution < -0.4 is 10.2 Å². The van der Waals surface area contributed by atoms with Gasteiger partial charge in [-0.2, -0.15) is 0 Å². The molecule has 1 fully saturated rings. The van der Waals surface area contributed by atoms with Crippen molar-refractivity contribution in [3.05, 3.63) is 24.3 Å². The molecule has 0 saturated carbocycles. The predicted octanol–water partition coefficient (Wildman–Crippen LogP) is 0.881. The molecule has 0 spiro atoms. The third-order valence-electron chi connectivity index (χ3n) is 3.01. The standard InChI is InChI=1S/C13H16N2O3/c1-9(16)14-7-10-6-13(18)15(8-10)11-2-4-12(17)5-3-11/h2-5,10,17H,6-8H2,1H3,(H,14,16). The van der Waals surface area contributed by atoms with Gasteiger partial charge in [0.1, 0.15) is 5.75 Å². The van der Waals surface area contributed by atoms with E-state index in [-0.39, 0.29) is 23.5 Å². The van der Waals surface area contributed by atoms with E-state index in [1.54, 1.807) is 29.2 Å². The first-order chi connectivity index (χ1) is 8.56. The summed E-state index contributed by atoms with van der Waals surface area (Å²) >= 11 is 0. The zero-order chi connectivity index (χ0) is 13.1. The monoisotopic (exact) mass is 248 g/mol. The van der Waals surface area contributed by atoms with Gasteiger partial charge in [-0.25, -0.2) is 0 Å². The number of aromatic hydroxyl groups is 1. The van der Waals surface area contributed by atoms with Crippen molar-refractivity contribution in [1.29, 1.82) is 0 Å². The summed E-state index contributed by atoms with van der Waals surface area (Å²) in [6.07, 6.45) is 0.446. The van der Waals surface area contributed by atoms with Crippen LogP contribution >= 0.6 is 0 Å². The van der Waals surface area contributed by atoms with Crippen LogP contribution in [0.1, 0.15) is 13.3 Å². The summed E-state index contributed by atoms with van der Waals surface area (Å²) in [5.41, 5.74) is 0.781. The van der Waals surface area contributed by atoms with Gasteiger partial charge >= 0.3 is 0 Å². The maximum atomic E-state index is 11.9. The molecule has 1 aliphatic rings. The van der Waals surface area contributed by atoms with Gasteiger partial charge in [-0.3, -0.25) is 9.59 Å². The van der Waals surface area contributed by atoms with E-state index in [2.05, 4.69) is 5.32 Å². The number of amides is 2. The lowest BCUT2D eigenvalue weighted by molar-refractivity contribution is -0.120. The quantitative estimate of drug-likeness (QED) is 0.834. The molecule has 0 bridgehead atoms. The summed E-state index contributed by atoms with van der Waals surface area (Å²) in [7, 11) is 0. The van der Waals surface area contributed by atoms with E-state index in [0.717, 1.165) is 5.69 Å². The molecule has 1 unspecified atom stereocenters. The van der Waals surface area contributed by atoms with Crippen LogP contribution in [0.4, 0.5) is 5.69 Å². The normalized spacial score (nSPS) is 19.1. The van der Waals surface area contributed by atoms with Gasteiger partial charge in [0.25, 0.3) is 0 Å². The molecule has 1 aliphatic heterocycles. The highest BCUT2D eigenvalue weighted by molar-refractivity contribution is 5.95. The zero-order valence-electron chi connectivity index (χ0n) is 10.2. The number of nitrogens with zero attached hydrogens (tertiary/aromatic N) is 1. The van der Waals surface area contributed by atoms with Gasteiger partial charge in [0.05, 0.1) is 0 Å². The number of nitrogens with one attached hydrogen (secondary N) is 1. The molecule has 0 aliphatic carbocycles. The lowest BCUT2D eigenvalue weighted by Crippen LogP contribution is -2.29. The molecular formula is C13H16N2O3. The van der Waals surface area contributed by atoms with Gasteiger partial charge in [-0.05, 0) is 24.3 Å². The second-order valence-electron chi connectivity index (χ2n) is 4.53. The summed E-state index contributed by atoms with van der Waals surface area (Å²) in [4.78, 5) is 24.4. The van der Waals surface area contributed by atoms with Crippen LogP contribution in [0, 0.1) is 5.92 Å². The third-order valence-corrected chi connectivity index (χ3v) is 3.01. The van der Waals surface area contributed by atoms with Crippen LogP contribution in [0.3, 0.4) is 0 Å². The Morgan fingerprint density at radius 3 is 2.72 bits per heavy atom. The van der Waals surface area contributed by atoms with Crippen LogP contribution in [0.2, 0.25) is 0 Å². The van der Waals surface area contributed by atoms with Crippen molar-refractivity contribution in [2.45, 2.75) is 13.3 Å². The second-order valence-corrected chi connectivity index (χ2v) is 4.53. The first-order valence-corrected chi connectivity index (χ1v) is 5.90. The largest absolute Gasteiger partial charge is 0.508 e. The Morgan fingerprint density at radius 2 is 2.11 bits per heavy atom. The fourth-order valence-electron chi connectivity index (χ4n) is 2.09. The SMILES string of the molecule is CC(=O)NCC1CC(=O)N(c2ccc(O)cc2)C1. The van der Waals surface area contributed by atoms with Crippen LogP contribution in [-0.2, 0) is 9.59 Å². The van der Waals surface area contributed by atoms with Crippen LogP contribution in [0.15, 0.2) is 24.3 Å². The van der Waals surface area contributed by atoms with E-state index in [0.29, 0.717) is 19.5 Å². The molecule has 0 radical (unpaired) electrons. The number of carbonyl (C=O) groups excluding carboxylic acids is 2. The van der Waals surface area contributed by atoms with E-state index >= 15 is 0 Å². The number of phenols is 1. The molecular weight excluding hydrogens is 232 g/mol. The van der Waals surface area contributed by atoms with E-state index in [1.165, 1.54) is 6.92 Å². The van der Waals surface area contributed by atoms with Crippen molar-refractivity contribution >= 4 is 17.5 Å². The molecule has 2 N–H and O–H groups in total. The number of rotatable bonds is 3. The molecule has 2 rings (SSSR count). The molecule has 1 aromatic carbocycles. The Bertz CT molecular complexity index is 456. The minimum absolute atomic E-state index is 0.0519. The fraction of sp³-hybridized carbons (Fsp3) is 0.385. The van der Waals surface area contributed by atoms with Crippen molar-refractivity contribution in [2.75, 3.05) is 18.0 Å². The summed E-state index contributed by atoms with van der Waals surface area (Å²) in [6.45, 7) is 2.59. The molecule has 5 heteroatoms. The van der Waals surface area contributed by atoms with Gasteiger partial charge in [0.2, 0.25) is 11.8 Å². The molecule has 18 heavy (non-hydrogen) atoms. The smallest absolute Gasteiger partial charge is 0.227 e. The average molecular weight is 248 g/mol. The number of benzene rings is 1. The highest BCUT2D eigenvalue weighted by Crippen LogP contribution is 2.26. The maximum absolute atomic E-state index is 11.9. The lowest BCUT2D eigenvalue weighted by Gasteiger charge is -2.16. The van der Waals surface area contributed by atoms with Crippen molar-refractivity contribution < 1.29 is 14.7 Å². The van der Waals surface area contributed by atoms with Gasteiger partial charge in [0.15, 0.2) is 0 Å². The Hall–Kier alpha value is -2.04. The molecule has 1 aromatic rings. The van der Waals surface area contributed by atoms with Gasteiger partial charge < -0.3 is 15.3 Å². The lowest BCUT2D eigenvalue weighted by atomic mass is 10.1. The number of carbonyl (C=O) groups is 2. The Labute approximate surface area is 105 Å². The van der Waals surface area contributed by atoms with E-state index in [4.69, 9.17) is 0 Å². The van der Waals surface area contributed by atoms with Gasteiger partial charge in [0, 0.05) is 38.0 Å². The van der Waals surface area contributed by atoms with E-state index < -0.39 is 0 Å². The Kier molecular flexibility index (Phi) is 3.50. The van der Waals surface area contributed by atoms with Crippen molar-refractivity contribution in [2.24, 2.45) is 5.92 Å². The fourth-order valence-corrected chi connectivity index (χ4v) is 2.09. The molecule has 96 valence electrons. The summed E-state index contributed by atoms with van der Waals surface area (Å²) in [6, 6.07) is 6.55. The Balaban J connectivity index is 2.00. The average Bonchev–Trinajstić information content (AvgIpc) is 2.69. The molecule has 1 saturated heterocycles. The van der Waals surface area contributed by atoms with E-state index in [9.17, 15) is 14.7 Å². The Morgan fingerprint density at radius 1 is 1.44 bits per heavy atom. The molecule has 5 nitrogen and oxygen atoms in total. The highest BCUT2D eigenvalue weighted by Gasteiger charge is 2.30. The van der Waals surface area contributed by atoms with Crippen molar-refractivity contribution in [3.8, 4) is 5.75 Å². The third kappa shape index (κ3) is 2.80. The van der Waals surface area contributed by atoms with Gasteiger partial charge in [-0.1, -0.05) is 0 Å². The number of hydrogen-bond donors (Lipinski definition) is 2. The minimum atomic E-state index is -0.0782. The van der Waals surface area contributed by atoms with Gasteiger partial charge in [-0.15, -0.1) is 0 Å². The zero-order valence-corrected chi connectivity index (χ0v) is 10.2. The number of anilines is 1. The second kappa shape index (κ2) is 5.08. The molecule has 0 aromatic heterocycles. The maximum Gasteiger partial charge on any atom is 0.227 e. The van der Waals surface area contributed by atoms with Crippen molar-refractivity contribution in [3.63, 3.8) is 0 Å². The summed E-state index contributed by atoms with van der Waals surface area (Å²) < 4.78 is 0. The van der Waals surface area contributed by atoms with Crippen LogP contribution in [-0.4, -0.2) is 30.0 Å². The number of phenolic OH excluding ortho intramolecular Hbond substituents is 1. The minimum Gasteiger partial charge on any atom is -0.508 e. The first kappa shape index (κ1) is 12.4. The summed E-state index contributed by atoms with van der Waals surface area (Å²) in [5, 5.41) is 11.9. The number of hydrogen-bond acceptors (Lipinski definition) is 3. The van der Waals surface area contributed by atoms with Crippen LogP contribution in [0.25, 0.3) is 0 Å². The summed E-state index contributed by atoms with van der Waals surface area (Å²) in [5.74, 6) is 0.303. The highest BCUT2D eigenvalue weighted by atomic mass is 16.3. The molecule has 1 atom stereocenters. The first-order valence-electron chi connectivity index (χ1n) is 5.90. The predicted molar refractivity (Wildman–Crippen MR) is 67.3 cm³/mol. The topological polar surface area (TPSA) is 69.6 Å².